The largest absolute Gasteiger partial charge is 0.472 e. The first-order chi connectivity index (χ1) is 51.0. The van der Waals surface area contributed by atoms with Crippen LogP contribution in [0.4, 0.5) is 0 Å². The number of rotatable bonds is 86. The maximum absolute atomic E-state index is 13.1. The van der Waals surface area contributed by atoms with Gasteiger partial charge < -0.3 is 33.8 Å². The van der Waals surface area contributed by atoms with E-state index in [4.69, 9.17) is 37.0 Å². The molecule has 0 aliphatic rings. The van der Waals surface area contributed by atoms with Crippen LogP contribution in [-0.2, 0) is 65.4 Å². The highest BCUT2D eigenvalue weighted by Crippen LogP contribution is 2.45. The lowest BCUT2D eigenvalue weighted by Gasteiger charge is -2.21. The molecule has 19 heteroatoms. The number of ether oxygens (including phenoxy) is 4. The zero-order valence-electron chi connectivity index (χ0n) is 68.9. The van der Waals surface area contributed by atoms with E-state index in [1.54, 1.807) is 0 Å². The number of esters is 4. The summed E-state index contributed by atoms with van der Waals surface area (Å²) >= 11 is 0. The Hall–Kier alpha value is -1.94. The van der Waals surface area contributed by atoms with Crippen molar-refractivity contribution in [3.8, 4) is 0 Å². The van der Waals surface area contributed by atoms with E-state index in [2.05, 4.69) is 34.6 Å². The lowest BCUT2D eigenvalue weighted by molar-refractivity contribution is -0.161. The van der Waals surface area contributed by atoms with Gasteiger partial charge in [0.2, 0.25) is 0 Å². The standard InChI is InChI=1S/C86H168O17P2/c1-6-9-12-15-18-21-24-26-28-30-31-33-37-42-47-52-57-62-67-72-86(91)103-82(76-97-84(89)70-65-60-55-50-45-40-38-34-35-39-44-48-53-58-63-68-79(4)5)78-101-105(94,95)99-74-80(87)73-98-104(92,93)100-77-81(75-96-83(88)69-64-59-54-49-43-23-20-17-14-11-8-3)102-85(90)71-66-61-56-51-46-41-36-32-29-27-25-22-19-16-13-10-7-2/h79-82,87H,6-78H2,1-5H3,(H,92,93)(H,94,95)/t80-,81+,82+/m0/s1. The van der Waals surface area contributed by atoms with E-state index in [1.165, 1.54) is 289 Å². The van der Waals surface area contributed by atoms with Crippen LogP contribution in [0.1, 0.15) is 465 Å². The second kappa shape index (κ2) is 78.7. The number of hydrogen-bond acceptors (Lipinski definition) is 15. The number of unbranched alkanes of at least 4 members (excludes halogenated alkanes) is 58. The van der Waals surface area contributed by atoms with Gasteiger partial charge in [-0.05, 0) is 31.6 Å². The molecular formula is C86H168O17P2. The molecule has 0 aliphatic heterocycles. The Morgan fingerprint density at radius 1 is 0.257 bits per heavy atom. The minimum atomic E-state index is -4.97. The molecule has 2 unspecified atom stereocenters. The van der Waals surface area contributed by atoms with Crippen molar-refractivity contribution < 1.29 is 80.2 Å². The van der Waals surface area contributed by atoms with Crippen molar-refractivity contribution in [2.75, 3.05) is 39.6 Å². The fourth-order valence-corrected chi connectivity index (χ4v) is 15.1. The normalized spacial score (nSPS) is 13.8. The summed E-state index contributed by atoms with van der Waals surface area (Å²) in [5.74, 6) is -1.29. The molecule has 0 spiro atoms. The van der Waals surface area contributed by atoms with E-state index >= 15 is 0 Å². The number of carbonyl (C=O) groups is 4. The maximum atomic E-state index is 13.1. The van der Waals surface area contributed by atoms with Crippen LogP contribution in [0, 0.1) is 5.92 Å². The topological polar surface area (TPSA) is 237 Å². The molecule has 0 fully saturated rings. The van der Waals surface area contributed by atoms with Crippen LogP contribution in [-0.4, -0.2) is 96.7 Å². The molecule has 17 nitrogen and oxygen atoms in total. The molecule has 0 aromatic heterocycles. The molecule has 0 bridgehead atoms. The number of hydrogen-bond donors (Lipinski definition) is 3. The monoisotopic (exact) mass is 1540 g/mol. The third-order valence-corrected chi connectivity index (χ3v) is 22.2. The van der Waals surface area contributed by atoms with Gasteiger partial charge in [-0.3, -0.25) is 37.3 Å². The van der Waals surface area contributed by atoms with E-state index in [-0.39, 0.29) is 25.7 Å². The van der Waals surface area contributed by atoms with E-state index in [1.807, 2.05) is 0 Å². The number of phosphoric ester groups is 2. The van der Waals surface area contributed by atoms with E-state index in [0.29, 0.717) is 25.7 Å². The molecule has 0 saturated heterocycles. The number of aliphatic hydroxyl groups is 1. The minimum absolute atomic E-state index is 0.109. The van der Waals surface area contributed by atoms with E-state index in [0.717, 1.165) is 95.8 Å². The fourth-order valence-electron chi connectivity index (χ4n) is 13.5. The van der Waals surface area contributed by atoms with Crippen molar-refractivity contribution in [1.29, 1.82) is 0 Å². The molecule has 3 N–H and O–H groups in total. The van der Waals surface area contributed by atoms with Gasteiger partial charge in [-0.25, -0.2) is 9.13 Å². The van der Waals surface area contributed by atoms with Crippen LogP contribution in [0.15, 0.2) is 0 Å². The molecule has 0 radical (unpaired) electrons. The molecular weight excluding hydrogens is 1370 g/mol. The Balaban J connectivity index is 5.24. The molecule has 105 heavy (non-hydrogen) atoms. The van der Waals surface area contributed by atoms with Gasteiger partial charge in [-0.2, -0.15) is 0 Å². The lowest BCUT2D eigenvalue weighted by Crippen LogP contribution is -2.30. The summed E-state index contributed by atoms with van der Waals surface area (Å²) in [6.45, 7) is 7.40. The highest BCUT2D eigenvalue weighted by atomic mass is 31.2. The minimum Gasteiger partial charge on any atom is -0.462 e. The zero-order valence-corrected chi connectivity index (χ0v) is 70.7. The van der Waals surface area contributed by atoms with E-state index in [9.17, 15) is 43.2 Å². The first-order valence-corrected chi connectivity index (χ1v) is 47.6. The summed E-state index contributed by atoms with van der Waals surface area (Å²) in [5, 5.41) is 10.7. The average Bonchev–Trinajstić information content (AvgIpc) is 0.911. The summed E-state index contributed by atoms with van der Waals surface area (Å²) in [6, 6.07) is 0. The van der Waals surface area contributed by atoms with Crippen LogP contribution >= 0.6 is 15.6 Å². The summed E-state index contributed by atoms with van der Waals surface area (Å²) < 4.78 is 68.9. The van der Waals surface area contributed by atoms with Gasteiger partial charge in [0.15, 0.2) is 12.2 Å². The predicted octanol–water partition coefficient (Wildman–Crippen LogP) is 26.4. The predicted molar refractivity (Wildman–Crippen MR) is 432 cm³/mol. The first kappa shape index (κ1) is 103. The Bertz CT molecular complexity index is 2000. The Morgan fingerprint density at radius 2 is 0.438 bits per heavy atom. The Kier molecular flexibility index (Phi) is 77.3. The van der Waals surface area contributed by atoms with Gasteiger partial charge in [0.25, 0.3) is 0 Å². The Morgan fingerprint density at radius 3 is 0.648 bits per heavy atom. The second-order valence-corrected chi connectivity index (χ2v) is 34.3. The van der Waals surface area contributed by atoms with Gasteiger partial charge in [-0.15, -0.1) is 0 Å². The zero-order chi connectivity index (χ0) is 76.9. The third-order valence-electron chi connectivity index (χ3n) is 20.3. The number of carbonyl (C=O) groups excluding carboxylic acids is 4. The van der Waals surface area contributed by atoms with Crippen LogP contribution < -0.4 is 0 Å². The first-order valence-electron chi connectivity index (χ1n) is 44.6. The quantitative estimate of drug-likeness (QED) is 0.0222. The molecule has 5 atom stereocenters. The molecule has 0 aromatic carbocycles. The molecule has 0 aromatic rings. The Labute approximate surface area is 645 Å². The van der Waals surface area contributed by atoms with Gasteiger partial charge in [-0.1, -0.05) is 413 Å². The van der Waals surface area contributed by atoms with Gasteiger partial charge in [0.1, 0.15) is 19.3 Å². The summed E-state index contributed by atoms with van der Waals surface area (Å²) in [7, 11) is -9.93. The molecule has 624 valence electrons. The van der Waals surface area contributed by atoms with Crippen molar-refractivity contribution in [3.63, 3.8) is 0 Å². The van der Waals surface area contributed by atoms with Crippen molar-refractivity contribution in [1.82, 2.24) is 0 Å². The van der Waals surface area contributed by atoms with Crippen molar-refractivity contribution in [2.24, 2.45) is 5.92 Å². The fraction of sp³-hybridized carbons (Fsp3) is 0.953. The third kappa shape index (κ3) is 79.9. The van der Waals surface area contributed by atoms with Crippen LogP contribution in [0.25, 0.3) is 0 Å². The highest BCUT2D eigenvalue weighted by Gasteiger charge is 2.30. The van der Waals surface area contributed by atoms with Crippen LogP contribution in [0.5, 0.6) is 0 Å². The van der Waals surface area contributed by atoms with Gasteiger partial charge >= 0.3 is 39.5 Å². The van der Waals surface area contributed by atoms with Crippen molar-refractivity contribution in [3.05, 3.63) is 0 Å². The average molecular weight is 1540 g/mol. The highest BCUT2D eigenvalue weighted by molar-refractivity contribution is 7.47. The van der Waals surface area contributed by atoms with Crippen molar-refractivity contribution in [2.45, 2.75) is 483 Å². The number of aliphatic hydroxyl groups excluding tert-OH is 1. The lowest BCUT2D eigenvalue weighted by atomic mass is 10.0. The molecule has 0 saturated carbocycles. The summed E-state index contributed by atoms with van der Waals surface area (Å²) in [5.41, 5.74) is 0. The van der Waals surface area contributed by atoms with Crippen LogP contribution in [0.2, 0.25) is 0 Å². The SMILES string of the molecule is CCCCCCCCCCCCCCCCCCCCCC(=O)O[C@H](COC(=O)CCCCCCCCCCCCCCCCCC(C)C)COP(=O)(O)OC[C@@H](O)COP(=O)(O)OC[C@@H](COC(=O)CCCCCCCCCCCCC)OC(=O)CCCCCCCCCCCCCCCCCCC. The number of phosphoric acid groups is 2. The van der Waals surface area contributed by atoms with Crippen LogP contribution in [0.3, 0.4) is 0 Å². The summed E-state index contributed by atoms with van der Waals surface area (Å²) in [4.78, 5) is 73.2. The maximum Gasteiger partial charge on any atom is 0.472 e. The second-order valence-electron chi connectivity index (χ2n) is 31.4. The van der Waals surface area contributed by atoms with Crippen molar-refractivity contribution >= 4 is 39.5 Å². The molecule has 0 amide bonds. The van der Waals surface area contributed by atoms with Gasteiger partial charge in [0, 0.05) is 25.7 Å². The summed E-state index contributed by atoms with van der Waals surface area (Å²) in [6.07, 6.45) is 72.1. The van der Waals surface area contributed by atoms with Gasteiger partial charge in [0.05, 0.1) is 26.4 Å². The molecule has 0 aliphatic carbocycles. The van der Waals surface area contributed by atoms with E-state index < -0.39 is 97.5 Å². The molecule has 0 rings (SSSR count). The smallest absolute Gasteiger partial charge is 0.462 e. The molecule has 0 heterocycles.